The van der Waals surface area contributed by atoms with Gasteiger partial charge in [-0.1, -0.05) is 5.57 Å². The van der Waals surface area contributed by atoms with Crippen molar-refractivity contribution >= 4 is 5.97 Å². The Hall–Kier alpha value is -0.790. The lowest BCUT2D eigenvalue weighted by atomic mass is 9.62. The first kappa shape index (κ1) is 8.51. The van der Waals surface area contributed by atoms with Gasteiger partial charge in [-0.2, -0.15) is 0 Å². The molecule has 3 aliphatic rings. The molecule has 2 fully saturated rings. The van der Waals surface area contributed by atoms with Gasteiger partial charge in [-0.25, -0.2) is 4.79 Å². The van der Waals surface area contributed by atoms with Crippen LogP contribution in [-0.4, -0.2) is 13.1 Å². The summed E-state index contributed by atoms with van der Waals surface area (Å²) in [5.41, 5.74) is 2.35. The van der Waals surface area contributed by atoms with Crippen LogP contribution in [0.1, 0.15) is 26.2 Å². The van der Waals surface area contributed by atoms with E-state index in [9.17, 15) is 4.79 Å². The van der Waals surface area contributed by atoms with Crippen LogP contribution in [0.4, 0.5) is 0 Å². The summed E-state index contributed by atoms with van der Waals surface area (Å²) in [6.45, 7) is 2.12. The summed E-state index contributed by atoms with van der Waals surface area (Å²) < 4.78 is 4.84. The van der Waals surface area contributed by atoms with E-state index in [0.29, 0.717) is 5.92 Å². The number of methoxy groups -OCH3 is 1. The lowest BCUT2D eigenvalue weighted by Gasteiger charge is -2.42. The molecule has 3 rings (SSSR count). The predicted octanol–water partition coefficient (Wildman–Crippen LogP) is 2.15. The fraction of sp³-hybridized carbons (Fsp3) is 0.750. The number of fused-ring (bicyclic) bond motifs is 5. The van der Waals surface area contributed by atoms with Crippen LogP contribution in [0.5, 0.6) is 0 Å². The van der Waals surface area contributed by atoms with Crippen LogP contribution in [0.25, 0.3) is 0 Å². The third kappa shape index (κ3) is 0.800. The van der Waals surface area contributed by atoms with E-state index < -0.39 is 0 Å². The Morgan fingerprint density at radius 1 is 1.29 bits per heavy atom. The molecule has 0 amide bonds. The summed E-state index contributed by atoms with van der Waals surface area (Å²) in [6.07, 6.45) is 4.07. The van der Waals surface area contributed by atoms with Crippen LogP contribution in [0.15, 0.2) is 11.1 Å². The molecule has 4 atom stereocenters. The van der Waals surface area contributed by atoms with Crippen molar-refractivity contribution < 1.29 is 9.53 Å². The van der Waals surface area contributed by atoms with E-state index in [-0.39, 0.29) is 5.97 Å². The fourth-order valence-corrected chi connectivity index (χ4v) is 4.08. The van der Waals surface area contributed by atoms with E-state index in [1.54, 1.807) is 0 Å². The molecule has 0 aromatic rings. The summed E-state index contributed by atoms with van der Waals surface area (Å²) in [4.78, 5) is 11.5. The molecule has 14 heavy (non-hydrogen) atoms. The smallest absolute Gasteiger partial charge is 0.333 e. The molecule has 0 heterocycles. The van der Waals surface area contributed by atoms with Crippen molar-refractivity contribution in [2.24, 2.45) is 23.7 Å². The molecule has 0 saturated heterocycles. The fourth-order valence-electron chi connectivity index (χ4n) is 4.08. The molecular formula is C12H16O2. The first-order chi connectivity index (χ1) is 6.74. The average molecular weight is 192 g/mol. The molecule has 2 saturated carbocycles. The highest BCUT2D eigenvalue weighted by Gasteiger charge is 2.57. The molecule has 0 aliphatic heterocycles. The minimum atomic E-state index is -0.0729. The number of rotatable bonds is 1. The predicted molar refractivity (Wildman–Crippen MR) is 52.5 cm³/mol. The first-order valence-electron chi connectivity index (χ1n) is 5.53. The Labute approximate surface area is 84.3 Å². The largest absolute Gasteiger partial charge is 0.466 e. The Morgan fingerprint density at radius 2 is 1.93 bits per heavy atom. The lowest BCUT2D eigenvalue weighted by molar-refractivity contribution is -0.138. The quantitative estimate of drug-likeness (QED) is 0.595. The SMILES string of the molecule is COC(=O)C1=C(C)C2C3CCC(C3)C12. The molecule has 0 spiro atoms. The van der Waals surface area contributed by atoms with Crippen LogP contribution in [0, 0.1) is 23.7 Å². The summed E-state index contributed by atoms with van der Waals surface area (Å²) in [5, 5.41) is 0. The van der Waals surface area contributed by atoms with Crippen LogP contribution in [0.3, 0.4) is 0 Å². The summed E-state index contributed by atoms with van der Waals surface area (Å²) in [5.74, 6) is 2.92. The van der Waals surface area contributed by atoms with Gasteiger partial charge in [0.05, 0.1) is 7.11 Å². The zero-order valence-electron chi connectivity index (χ0n) is 8.75. The molecule has 0 radical (unpaired) electrons. The zero-order valence-corrected chi connectivity index (χ0v) is 8.75. The van der Waals surface area contributed by atoms with Gasteiger partial charge in [0.15, 0.2) is 0 Å². The average Bonchev–Trinajstić information content (AvgIpc) is 2.73. The number of carbonyl (C=O) groups excluding carboxylic acids is 1. The number of hydrogen-bond donors (Lipinski definition) is 0. The molecule has 0 aromatic carbocycles. The van der Waals surface area contributed by atoms with E-state index in [1.165, 1.54) is 31.9 Å². The molecule has 4 unspecified atom stereocenters. The van der Waals surface area contributed by atoms with Gasteiger partial charge in [-0.05, 0) is 43.9 Å². The molecule has 0 N–H and O–H groups in total. The van der Waals surface area contributed by atoms with Crippen molar-refractivity contribution in [1.29, 1.82) is 0 Å². The molecule has 2 heteroatoms. The van der Waals surface area contributed by atoms with E-state index >= 15 is 0 Å². The van der Waals surface area contributed by atoms with Gasteiger partial charge >= 0.3 is 5.97 Å². The van der Waals surface area contributed by atoms with Gasteiger partial charge in [-0.15, -0.1) is 0 Å². The highest BCUT2D eigenvalue weighted by Crippen LogP contribution is 2.63. The van der Waals surface area contributed by atoms with Gasteiger partial charge in [0.1, 0.15) is 0 Å². The Bertz CT molecular complexity index is 329. The van der Waals surface area contributed by atoms with E-state index in [4.69, 9.17) is 4.74 Å². The number of carbonyl (C=O) groups is 1. The summed E-state index contributed by atoms with van der Waals surface area (Å²) >= 11 is 0. The normalized spacial score (nSPS) is 43.6. The number of allylic oxidation sites excluding steroid dienone is 1. The Kier molecular flexibility index (Phi) is 1.59. The molecular weight excluding hydrogens is 176 g/mol. The van der Waals surface area contributed by atoms with Gasteiger partial charge < -0.3 is 4.74 Å². The van der Waals surface area contributed by atoms with Crippen molar-refractivity contribution in [3.05, 3.63) is 11.1 Å². The van der Waals surface area contributed by atoms with Crippen molar-refractivity contribution in [3.8, 4) is 0 Å². The molecule has 3 aliphatic carbocycles. The first-order valence-corrected chi connectivity index (χ1v) is 5.53. The second kappa shape index (κ2) is 2.62. The highest BCUT2D eigenvalue weighted by atomic mass is 16.5. The van der Waals surface area contributed by atoms with E-state index in [2.05, 4.69) is 6.92 Å². The van der Waals surface area contributed by atoms with Gasteiger partial charge in [0, 0.05) is 11.5 Å². The topological polar surface area (TPSA) is 26.3 Å². The number of esters is 1. The Morgan fingerprint density at radius 3 is 2.57 bits per heavy atom. The highest BCUT2D eigenvalue weighted by molar-refractivity contribution is 5.92. The standard InChI is InChI=1S/C12H16O2/c1-6-9-7-3-4-8(5-7)11(9)10(6)12(13)14-2/h7-9,11H,3-5H2,1-2H3. The minimum Gasteiger partial charge on any atom is -0.466 e. The van der Waals surface area contributed by atoms with Crippen LogP contribution in [-0.2, 0) is 9.53 Å². The van der Waals surface area contributed by atoms with Gasteiger partial charge in [0.2, 0.25) is 0 Å². The molecule has 2 nitrogen and oxygen atoms in total. The zero-order chi connectivity index (χ0) is 9.87. The number of ether oxygens (including phenoxy) is 1. The van der Waals surface area contributed by atoms with E-state index in [0.717, 1.165) is 23.3 Å². The molecule has 0 aromatic heterocycles. The maximum atomic E-state index is 11.5. The van der Waals surface area contributed by atoms with Crippen LogP contribution in [0.2, 0.25) is 0 Å². The third-order valence-corrected chi connectivity index (χ3v) is 4.58. The summed E-state index contributed by atoms with van der Waals surface area (Å²) in [7, 11) is 1.49. The van der Waals surface area contributed by atoms with E-state index in [1.807, 2.05) is 0 Å². The Balaban J connectivity index is 1.94. The molecule has 76 valence electrons. The maximum absolute atomic E-state index is 11.5. The maximum Gasteiger partial charge on any atom is 0.333 e. The van der Waals surface area contributed by atoms with Crippen molar-refractivity contribution in [1.82, 2.24) is 0 Å². The minimum absolute atomic E-state index is 0.0729. The van der Waals surface area contributed by atoms with Crippen molar-refractivity contribution in [2.75, 3.05) is 7.11 Å². The van der Waals surface area contributed by atoms with Gasteiger partial charge in [-0.3, -0.25) is 0 Å². The van der Waals surface area contributed by atoms with Crippen LogP contribution >= 0.6 is 0 Å². The lowest BCUT2D eigenvalue weighted by Crippen LogP contribution is -2.38. The van der Waals surface area contributed by atoms with Crippen molar-refractivity contribution in [2.45, 2.75) is 26.2 Å². The second-order valence-corrected chi connectivity index (χ2v) is 4.97. The summed E-state index contributed by atoms with van der Waals surface area (Å²) in [6, 6.07) is 0. The third-order valence-electron chi connectivity index (χ3n) is 4.58. The monoisotopic (exact) mass is 192 g/mol. The second-order valence-electron chi connectivity index (χ2n) is 4.97. The number of hydrogen-bond acceptors (Lipinski definition) is 2. The molecule has 2 bridgehead atoms. The van der Waals surface area contributed by atoms with Gasteiger partial charge in [0.25, 0.3) is 0 Å². The van der Waals surface area contributed by atoms with Crippen molar-refractivity contribution in [3.63, 3.8) is 0 Å². The van der Waals surface area contributed by atoms with Crippen LogP contribution < -0.4 is 0 Å².